The van der Waals surface area contributed by atoms with Crippen molar-refractivity contribution in [3.05, 3.63) is 63.7 Å². The summed E-state index contributed by atoms with van der Waals surface area (Å²) in [6.07, 6.45) is 0.515. The van der Waals surface area contributed by atoms with Gasteiger partial charge < -0.3 is 4.74 Å². The van der Waals surface area contributed by atoms with Gasteiger partial charge in [0.25, 0.3) is 5.91 Å². The van der Waals surface area contributed by atoms with Crippen LogP contribution in [-0.2, 0) is 11.2 Å². The van der Waals surface area contributed by atoms with Crippen molar-refractivity contribution in [2.45, 2.75) is 20.3 Å². The van der Waals surface area contributed by atoms with Crippen molar-refractivity contribution in [1.82, 2.24) is 10.9 Å². The normalized spacial score (nSPS) is 15.7. The maximum Gasteiger partial charge on any atom is 0.269 e. The third-order valence-electron chi connectivity index (χ3n) is 4.23. The van der Waals surface area contributed by atoms with Crippen molar-refractivity contribution in [3.63, 3.8) is 0 Å². The molecule has 0 saturated carbocycles. The molecule has 2 N–H and O–H groups in total. The highest BCUT2D eigenvalue weighted by Crippen LogP contribution is 2.29. The van der Waals surface area contributed by atoms with E-state index in [9.17, 15) is 9.59 Å². The fourth-order valence-electron chi connectivity index (χ4n) is 2.89. The van der Waals surface area contributed by atoms with Crippen LogP contribution in [-0.4, -0.2) is 18.4 Å². The number of fused-ring (bicyclic) bond motifs is 1. The minimum atomic E-state index is -0.384. The number of carbonyl (C=O) groups is 2. The molecule has 0 saturated heterocycles. The average molecular weight is 359 g/mol. The lowest BCUT2D eigenvalue weighted by Gasteiger charge is -2.24. The van der Waals surface area contributed by atoms with Gasteiger partial charge in [-0.15, -0.1) is 0 Å². The lowest BCUT2D eigenvalue weighted by molar-refractivity contribution is -0.127. The molecule has 2 amide bonds. The van der Waals surface area contributed by atoms with Gasteiger partial charge in [-0.1, -0.05) is 29.3 Å². The minimum Gasteiger partial charge on any atom is -0.492 e. The van der Waals surface area contributed by atoms with E-state index in [2.05, 4.69) is 10.9 Å². The Morgan fingerprint density at radius 1 is 1.12 bits per heavy atom. The van der Waals surface area contributed by atoms with Gasteiger partial charge >= 0.3 is 0 Å². The quantitative estimate of drug-likeness (QED) is 0.811. The number of hydrogen-bond acceptors (Lipinski definition) is 3. The Bertz CT molecular complexity index is 835. The standard InChI is InChI=1S/C19H19ClN2O3/c1-11-3-5-16(12(2)7-11)19(24)22-21-18(23)14-8-13-9-15(20)4-6-17(13)25-10-14/h3-7,9,14H,8,10H2,1-2H3,(H,21,23)(H,22,24)/t14-/m1/s1. The second-order valence-corrected chi connectivity index (χ2v) is 6.66. The van der Waals surface area contributed by atoms with Crippen LogP contribution >= 0.6 is 11.6 Å². The molecule has 2 aromatic carbocycles. The Labute approximate surface area is 151 Å². The SMILES string of the molecule is Cc1ccc(C(=O)NNC(=O)[C@H]2COc3ccc(Cl)cc3C2)c(C)c1. The van der Waals surface area contributed by atoms with Crippen LogP contribution in [0.25, 0.3) is 0 Å². The lowest BCUT2D eigenvalue weighted by atomic mass is 9.96. The third-order valence-corrected chi connectivity index (χ3v) is 4.46. The van der Waals surface area contributed by atoms with E-state index in [0.29, 0.717) is 17.0 Å². The molecule has 0 unspecified atom stereocenters. The molecule has 1 aliphatic heterocycles. The van der Waals surface area contributed by atoms with Crippen molar-refractivity contribution in [1.29, 1.82) is 0 Å². The van der Waals surface area contributed by atoms with Crippen molar-refractivity contribution < 1.29 is 14.3 Å². The van der Waals surface area contributed by atoms with Gasteiger partial charge in [0.2, 0.25) is 5.91 Å². The fourth-order valence-corrected chi connectivity index (χ4v) is 3.08. The topological polar surface area (TPSA) is 67.4 Å². The number of aryl methyl sites for hydroxylation is 2. The molecule has 0 aliphatic carbocycles. The number of benzene rings is 2. The van der Waals surface area contributed by atoms with E-state index in [1.54, 1.807) is 24.3 Å². The van der Waals surface area contributed by atoms with Gasteiger partial charge in [-0.05, 0) is 55.7 Å². The van der Waals surface area contributed by atoms with E-state index in [0.717, 1.165) is 22.4 Å². The summed E-state index contributed by atoms with van der Waals surface area (Å²) in [4.78, 5) is 24.6. The Kier molecular flexibility index (Phi) is 4.95. The fraction of sp³-hybridized carbons (Fsp3) is 0.263. The van der Waals surface area contributed by atoms with Crippen LogP contribution in [0.1, 0.15) is 27.0 Å². The van der Waals surface area contributed by atoms with Crippen LogP contribution in [0.15, 0.2) is 36.4 Å². The number of halogens is 1. The van der Waals surface area contributed by atoms with Crippen LogP contribution in [0.4, 0.5) is 0 Å². The number of rotatable bonds is 2. The van der Waals surface area contributed by atoms with Crippen molar-refractivity contribution in [2.24, 2.45) is 5.92 Å². The van der Waals surface area contributed by atoms with E-state index in [-0.39, 0.29) is 24.3 Å². The Morgan fingerprint density at radius 2 is 1.92 bits per heavy atom. The summed E-state index contributed by atoms with van der Waals surface area (Å²) >= 11 is 5.99. The maximum atomic E-state index is 12.3. The summed E-state index contributed by atoms with van der Waals surface area (Å²) in [5.41, 5.74) is 8.31. The smallest absolute Gasteiger partial charge is 0.269 e. The summed E-state index contributed by atoms with van der Waals surface area (Å²) in [6.45, 7) is 4.09. The molecule has 25 heavy (non-hydrogen) atoms. The molecule has 0 spiro atoms. The molecule has 0 bridgehead atoms. The molecule has 0 aromatic heterocycles. The van der Waals surface area contributed by atoms with E-state index in [4.69, 9.17) is 16.3 Å². The number of amides is 2. The molecule has 1 heterocycles. The van der Waals surface area contributed by atoms with Gasteiger partial charge in [0, 0.05) is 10.6 Å². The van der Waals surface area contributed by atoms with E-state index >= 15 is 0 Å². The van der Waals surface area contributed by atoms with Crippen molar-refractivity contribution >= 4 is 23.4 Å². The lowest BCUT2D eigenvalue weighted by Crippen LogP contribution is -2.47. The maximum absolute atomic E-state index is 12.3. The zero-order chi connectivity index (χ0) is 18.0. The van der Waals surface area contributed by atoms with E-state index < -0.39 is 0 Å². The van der Waals surface area contributed by atoms with Gasteiger partial charge in [0.05, 0.1) is 5.92 Å². The van der Waals surface area contributed by atoms with Crippen LogP contribution in [0.3, 0.4) is 0 Å². The largest absolute Gasteiger partial charge is 0.492 e. The highest BCUT2D eigenvalue weighted by molar-refractivity contribution is 6.30. The summed E-state index contributed by atoms with van der Waals surface area (Å²) in [5.74, 6) is -0.270. The number of hydrogen-bond donors (Lipinski definition) is 2. The van der Waals surface area contributed by atoms with Crippen molar-refractivity contribution in [2.75, 3.05) is 6.61 Å². The highest BCUT2D eigenvalue weighted by Gasteiger charge is 2.26. The first-order chi connectivity index (χ1) is 11.9. The van der Waals surface area contributed by atoms with Crippen LogP contribution in [0.2, 0.25) is 5.02 Å². The molecule has 5 nitrogen and oxygen atoms in total. The number of hydrazine groups is 1. The van der Waals surface area contributed by atoms with Crippen LogP contribution in [0, 0.1) is 19.8 Å². The summed E-state index contributed by atoms with van der Waals surface area (Å²) in [5, 5.41) is 0.603. The second kappa shape index (κ2) is 7.15. The van der Waals surface area contributed by atoms with Gasteiger partial charge in [-0.25, -0.2) is 0 Å². The highest BCUT2D eigenvalue weighted by atomic mass is 35.5. The number of carbonyl (C=O) groups excluding carboxylic acids is 2. The van der Waals surface area contributed by atoms with E-state index in [1.165, 1.54) is 0 Å². The first kappa shape index (κ1) is 17.3. The molecule has 1 atom stereocenters. The molecular weight excluding hydrogens is 340 g/mol. The van der Waals surface area contributed by atoms with Crippen LogP contribution in [0.5, 0.6) is 5.75 Å². The number of nitrogens with one attached hydrogen (secondary N) is 2. The average Bonchev–Trinajstić information content (AvgIpc) is 2.58. The Hall–Kier alpha value is -2.53. The molecule has 3 rings (SSSR count). The zero-order valence-electron chi connectivity index (χ0n) is 14.1. The first-order valence-corrected chi connectivity index (χ1v) is 8.40. The zero-order valence-corrected chi connectivity index (χ0v) is 14.8. The molecule has 130 valence electrons. The third kappa shape index (κ3) is 3.94. The summed E-state index contributed by atoms with van der Waals surface area (Å²) in [6, 6.07) is 10.9. The second-order valence-electron chi connectivity index (χ2n) is 6.23. The Morgan fingerprint density at radius 3 is 2.68 bits per heavy atom. The summed E-state index contributed by atoms with van der Waals surface area (Å²) < 4.78 is 5.60. The predicted octanol–water partition coefficient (Wildman–Crippen LogP) is 2.97. The molecular formula is C19H19ClN2O3. The molecule has 1 aliphatic rings. The van der Waals surface area contributed by atoms with Gasteiger partial charge in [-0.2, -0.15) is 0 Å². The minimum absolute atomic E-state index is 0.264. The predicted molar refractivity (Wildman–Crippen MR) is 95.7 cm³/mol. The molecule has 0 radical (unpaired) electrons. The van der Waals surface area contributed by atoms with Gasteiger partial charge in [0.1, 0.15) is 12.4 Å². The Balaban J connectivity index is 1.60. The number of ether oxygens (including phenoxy) is 1. The molecule has 2 aromatic rings. The monoisotopic (exact) mass is 358 g/mol. The molecule has 0 fully saturated rings. The molecule has 6 heteroatoms. The van der Waals surface area contributed by atoms with Gasteiger partial charge in [-0.3, -0.25) is 20.4 Å². The van der Waals surface area contributed by atoms with Gasteiger partial charge in [0.15, 0.2) is 0 Å². The van der Waals surface area contributed by atoms with E-state index in [1.807, 2.05) is 26.0 Å². The van der Waals surface area contributed by atoms with Crippen molar-refractivity contribution in [3.8, 4) is 5.75 Å². The van der Waals surface area contributed by atoms with Crippen LogP contribution < -0.4 is 15.6 Å². The summed E-state index contributed by atoms with van der Waals surface area (Å²) in [7, 11) is 0. The first-order valence-electron chi connectivity index (χ1n) is 8.02.